The maximum Gasteiger partial charge on any atom is 0.404 e. The topological polar surface area (TPSA) is 148 Å². The number of primary amides is 2. The van der Waals surface area contributed by atoms with E-state index < -0.39 is 12.1 Å². The highest BCUT2D eigenvalue weighted by Gasteiger charge is 1.77. The predicted octanol–water partition coefficient (Wildman–Crippen LogP) is -1.34. The van der Waals surface area contributed by atoms with Crippen LogP contribution in [0.4, 0.5) is 9.59 Å². The molecule has 0 rings (SSSR count). The summed E-state index contributed by atoms with van der Waals surface area (Å²) in [6.07, 6.45) is -0.995. The molecule has 0 saturated heterocycles. The van der Waals surface area contributed by atoms with Gasteiger partial charge in [0, 0.05) is 21.0 Å². The van der Waals surface area contributed by atoms with Crippen LogP contribution in [0.1, 0.15) is 6.92 Å². The average molecular weight is 208 g/mol. The van der Waals surface area contributed by atoms with Crippen molar-refractivity contribution in [1.82, 2.24) is 10.6 Å². The summed E-state index contributed by atoms with van der Waals surface area (Å²) >= 11 is 0. The highest BCUT2D eigenvalue weighted by molar-refractivity contribution is 5.71. The summed E-state index contributed by atoms with van der Waals surface area (Å²) in [5, 5.41) is 11.7. The first kappa shape index (κ1) is 17.9. The second-order valence-corrected chi connectivity index (χ2v) is 1.78. The molecule has 0 heterocycles. The lowest BCUT2D eigenvalue weighted by Crippen LogP contribution is -2.24. The first-order chi connectivity index (χ1) is 6.27. The van der Waals surface area contributed by atoms with Gasteiger partial charge in [-0.25, -0.2) is 9.59 Å². The van der Waals surface area contributed by atoms with Crippen LogP contribution in [-0.2, 0) is 4.79 Å². The zero-order chi connectivity index (χ0) is 12.1. The minimum atomic E-state index is -0.995. The van der Waals surface area contributed by atoms with E-state index in [0.29, 0.717) is 0 Å². The maximum absolute atomic E-state index is 9.48. The zero-order valence-corrected chi connectivity index (χ0v) is 8.33. The van der Waals surface area contributed by atoms with Crippen LogP contribution in [0.25, 0.3) is 0 Å². The molecule has 14 heavy (non-hydrogen) atoms. The van der Waals surface area contributed by atoms with Crippen molar-refractivity contribution in [3.8, 4) is 0 Å². The number of nitrogens with two attached hydrogens (primary N) is 2. The number of rotatable bonds is 0. The first-order valence-corrected chi connectivity index (χ1v) is 3.41. The third kappa shape index (κ3) is 201. The highest BCUT2D eigenvalue weighted by atomic mass is 16.4. The molecule has 0 atom stereocenters. The van der Waals surface area contributed by atoms with E-state index in [9.17, 15) is 14.4 Å². The molecule has 0 spiro atoms. The summed E-state index contributed by atoms with van der Waals surface area (Å²) in [5.41, 5.74) is 9.01. The van der Waals surface area contributed by atoms with E-state index >= 15 is 0 Å². The Morgan fingerprint density at radius 3 is 1.21 bits per heavy atom. The molecule has 0 unspecified atom stereocenters. The second kappa shape index (κ2) is 13.6. The summed E-state index contributed by atoms with van der Waals surface area (Å²) in [4.78, 5) is 28.0. The van der Waals surface area contributed by atoms with Gasteiger partial charge in [0.25, 0.3) is 0 Å². The Kier molecular flexibility index (Phi) is 17.4. The van der Waals surface area contributed by atoms with Crippen molar-refractivity contribution in [3.05, 3.63) is 0 Å². The fourth-order valence-electron chi connectivity index (χ4n) is 0. The fraction of sp³-hybridized carbons (Fsp3) is 0.500. The zero-order valence-electron chi connectivity index (χ0n) is 8.33. The van der Waals surface area contributed by atoms with E-state index in [-0.39, 0.29) is 5.91 Å². The summed E-state index contributed by atoms with van der Waals surface area (Å²) < 4.78 is 0. The summed E-state index contributed by atoms with van der Waals surface area (Å²) in [6.45, 7) is 1.31. The summed E-state index contributed by atoms with van der Waals surface area (Å²) in [5.74, 6) is -0.333. The van der Waals surface area contributed by atoms with Gasteiger partial charge < -0.3 is 27.2 Å². The molecule has 7 N–H and O–H groups in total. The van der Waals surface area contributed by atoms with E-state index in [0.717, 1.165) is 0 Å². The predicted molar refractivity (Wildman–Crippen MR) is 50.6 cm³/mol. The van der Waals surface area contributed by atoms with Gasteiger partial charge in [-0.3, -0.25) is 4.79 Å². The molecular weight excluding hydrogens is 192 g/mol. The van der Waals surface area contributed by atoms with Crippen molar-refractivity contribution < 1.29 is 19.5 Å². The number of carboxylic acid groups (broad SMARTS) is 1. The number of amides is 4. The fourth-order valence-corrected chi connectivity index (χ4v) is 0. The van der Waals surface area contributed by atoms with E-state index in [1.54, 1.807) is 0 Å². The summed E-state index contributed by atoms with van der Waals surface area (Å²) in [6, 6.07) is -0.495. The van der Waals surface area contributed by atoms with Gasteiger partial charge in [0.05, 0.1) is 0 Å². The first-order valence-electron chi connectivity index (χ1n) is 3.41. The number of hydrogen-bond donors (Lipinski definition) is 5. The van der Waals surface area contributed by atoms with Gasteiger partial charge in [0.15, 0.2) is 0 Å². The molecule has 0 aromatic heterocycles. The molecule has 0 radical (unpaired) electrons. The molecule has 0 aromatic carbocycles. The van der Waals surface area contributed by atoms with E-state index in [1.807, 2.05) is 5.32 Å². The average Bonchev–Trinajstić information content (AvgIpc) is 2.04. The number of carbonyl (C=O) groups excluding carboxylic acids is 2. The lowest BCUT2D eigenvalue weighted by Gasteiger charge is -1.80. The number of carbonyl (C=O) groups is 3. The van der Waals surface area contributed by atoms with Gasteiger partial charge in [-0.15, -0.1) is 0 Å². The molecule has 0 saturated carbocycles. The van der Waals surface area contributed by atoms with E-state index in [4.69, 9.17) is 5.11 Å². The maximum atomic E-state index is 9.48. The minimum Gasteiger partial charge on any atom is -0.465 e. The van der Waals surface area contributed by atoms with Crippen LogP contribution in [-0.4, -0.2) is 37.2 Å². The van der Waals surface area contributed by atoms with Crippen LogP contribution >= 0.6 is 0 Å². The standard InChI is InChI=1S/C2H6N2O.C2H5NO2.C2H5NO/c1-4-2(3)5;1-3-2(4)5;1-2(3)4/h1H3,(H3,3,4,5);3H,1H3,(H,4,5);1H3,(H2,3,4). The lowest BCUT2D eigenvalue weighted by molar-refractivity contribution is -0.115. The van der Waals surface area contributed by atoms with Crippen molar-refractivity contribution >= 4 is 18.0 Å². The van der Waals surface area contributed by atoms with Crippen LogP contribution in [0.15, 0.2) is 0 Å². The minimum absolute atomic E-state index is 0.333. The molecule has 0 aliphatic carbocycles. The van der Waals surface area contributed by atoms with Crippen molar-refractivity contribution in [3.63, 3.8) is 0 Å². The number of hydrogen-bond acceptors (Lipinski definition) is 3. The van der Waals surface area contributed by atoms with Gasteiger partial charge in [-0.05, 0) is 0 Å². The molecule has 0 aliphatic heterocycles. The second-order valence-electron chi connectivity index (χ2n) is 1.78. The Morgan fingerprint density at radius 1 is 1.07 bits per heavy atom. The van der Waals surface area contributed by atoms with Crippen LogP contribution in [0.5, 0.6) is 0 Å². The Balaban J connectivity index is -0.000000131. The molecule has 8 nitrogen and oxygen atoms in total. The third-order valence-corrected chi connectivity index (χ3v) is 0.460. The SMILES string of the molecule is CC(N)=O.CNC(=O)O.CNC(N)=O. The Bertz CT molecular complexity index is 165. The molecule has 0 bridgehead atoms. The van der Waals surface area contributed by atoms with Crippen molar-refractivity contribution in [2.75, 3.05) is 14.1 Å². The molecule has 0 aromatic rings. The normalized spacial score (nSPS) is 6.50. The molecular formula is C6H16N4O4. The lowest BCUT2D eigenvalue weighted by atomic mass is 10.8. The Labute approximate surface area is 81.6 Å². The van der Waals surface area contributed by atoms with Crippen molar-refractivity contribution in [1.29, 1.82) is 0 Å². The molecule has 0 fully saturated rings. The monoisotopic (exact) mass is 208 g/mol. The molecule has 84 valence electrons. The van der Waals surface area contributed by atoms with E-state index in [1.165, 1.54) is 21.0 Å². The van der Waals surface area contributed by atoms with Crippen LogP contribution in [0.2, 0.25) is 0 Å². The Morgan fingerprint density at radius 2 is 1.21 bits per heavy atom. The van der Waals surface area contributed by atoms with Crippen LogP contribution in [0.3, 0.4) is 0 Å². The molecule has 8 heteroatoms. The number of urea groups is 1. The van der Waals surface area contributed by atoms with Gasteiger partial charge in [-0.1, -0.05) is 0 Å². The quantitative estimate of drug-likeness (QED) is 0.335. The van der Waals surface area contributed by atoms with Crippen LogP contribution < -0.4 is 22.1 Å². The van der Waals surface area contributed by atoms with Gasteiger partial charge >= 0.3 is 12.1 Å². The van der Waals surface area contributed by atoms with Gasteiger partial charge in [-0.2, -0.15) is 0 Å². The largest absolute Gasteiger partial charge is 0.465 e. The van der Waals surface area contributed by atoms with E-state index in [2.05, 4.69) is 16.8 Å². The van der Waals surface area contributed by atoms with Crippen LogP contribution in [0, 0.1) is 0 Å². The number of nitrogens with one attached hydrogen (secondary N) is 2. The molecule has 0 aliphatic rings. The smallest absolute Gasteiger partial charge is 0.404 e. The summed E-state index contributed by atoms with van der Waals surface area (Å²) in [7, 11) is 2.82. The third-order valence-electron chi connectivity index (χ3n) is 0.460. The molecule has 4 amide bonds. The van der Waals surface area contributed by atoms with Crippen molar-refractivity contribution in [2.24, 2.45) is 11.5 Å². The van der Waals surface area contributed by atoms with Crippen molar-refractivity contribution in [2.45, 2.75) is 6.92 Å². The highest BCUT2D eigenvalue weighted by Crippen LogP contribution is 1.46. The van der Waals surface area contributed by atoms with Gasteiger partial charge in [0.2, 0.25) is 5.91 Å². The van der Waals surface area contributed by atoms with Gasteiger partial charge in [0.1, 0.15) is 0 Å². The Hall–Kier alpha value is -1.99.